The fourth-order valence-electron chi connectivity index (χ4n) is 1.72. The van der Waals surface area contributed by atoms with Gasteiger partial charge >= 0.3 is 5.97 Å². The highest BCUT2D eigenvalue weighted by Crippen LogP contribution is 2.07. The third-order valence-electron chi connectivity index (χ3n) is 2.77. The van der Waals surface area contributed by atoms with Crippen molar-refractivity contribution >= 4 is 29.5 Å². The maximum Gasteiger partial charge on any atom is 0.326 e. The van der Waals surface area contributed by atoms with Crippen molar-refractivity contribution in [2.24, 2.45) is 11.7 Å². The van der Waals surface area contributed by atoms with Crippen molar-refractivity contribution in [2.45, 2.75) is 38.8 Å². The van der Waals surface area contributed by atoms with Gasteiger partial charge in [0.15, 0.2) is 0 Å². The molecule has 122 valence electrons. The monoisotopic (exact) mass is 319 g/mol. The number of carboxylic acids is 1. The fourth-order valence-corrected chi connectivity index (χ4v) is 2.19. The van der Waals surface area contributed by atoms with Crippen LogP contribution in [0.1, 0.15) is 26.7 Å². The predicted octanol–water partition coefficient (Wildman–Crippen LogP) is -0.201. The topological polar surface area (TPSA) is 122 Å². The van der Waals surface area contributed by atoms with Crippen molar-refractivity contribution in [3.05, 3.63) is 0 Å². The molecule has 21 heavy (non-hydrogen) atoms. The summed E-state index contributed by atoms with van der Waals surface area (Å²) >= 11 is 1.51. The molecule has 0 radical (unpaired) electrons. The van der Waals surface area contributed by atoms with E-state index >= 15 is 0 Å². The van der Waals surface area contributed by atoms with Gasteiger partial charge in [0, 0.05) is 0 Å². The van der Waals surface area contributed by atoms with Crippen molar-refractivity contribution in [2.75, 3.05) is 18.6 Å². The molecule has 0 aromatic rings. The van der Waals surface area contributed by atoms with Crippen LogP contribution in [-0.2, 0) is 14.4 Å². The highest BCUT2D eigenvalue weighted by Gasteiger charge is 2.26. The SMILES string of the molecule is CSCC[C@H](NC(=O)[C@H](CC(C)C)NC(=O)CN)C(=O)O. The number of hydrogen-bond acceptors (Lipinski definition) is 5. The second-order valence-corrected chi connectivity index (χ2v) is 6.12. The Labute approximate surface area is 129 Å². The van der Waals surface area contributed by atoms with Crippen LogP contribution in [0.25, 0.3) is 0 Å². The molecule has 0 aliphatic rings. The first kappa shape index (κ1) is 19.7. The highest BCUT2D eigenvalue weighted by atomic mass is 32.2. The lowest BCUT2D eigenvalue weighted by atomic mass is 10.0. The number of carboxylic acid groups (broad SMARTS) is 1. The molecule has 0 rings (SSSR count). The molecule has 2 atom stereocenters. The summed E-state index contributed by atoms with van der Waals surface area (Å²) in [6.07, 6.45) is 2.62. The predicted molar refractivity (Wildman–Crippen MR) is 83.0 cm³/mol. The molecule has 0 fully saturated rings. The molecule has 8 heteroatoms. The second kappa shape index (κ2) is 10.4. The van der Waals surface area contributed by atoms with Crippen LogP contribution in [0.4, 0.5) is 0 Å². The lowest BCUT2D eigenvalue weighted by Crippen LogP contribution is -2.53. The molecule has 0 heterocycles. The van der Waals surface area contributed by atoms with Crippen molar-refractivity contribution in [1.29, 1.82) is 0 Å². The van der Waals surface area contributed by atoms with E-state index in [1.165, 1.54) is 11.8 Å². The van der Waals surface area contributed by atoms with Crippen LogP contribution in [0.2, 0.25) is 0 Å². The van der Waals surface area contributed by atoms with Gasteiger partial charge in [0.05, 0.1) is 6.54 Å². The van der Waals surface area contributed by atoms with E-state index in [0.29, 0.717) is 18.6 Å². The number of hydrogen-bond donors (Lipinski definition) is 4. The maximum absolute atomic E-state index is 12.2. The zero-order valence-electron chi connectivity index (χ0n) is 12.7. The molecule has 2 amide bonds. The molecule has 0 bridgehead atoms. The first-order valence-electron chi connectivity index (χ1n) is 6.83. The molecule has 0 aromatic heterocycles. The minimum Gasteiger partial charge on any atom is -0.480 e. The number of carbonyl (C=O) groups excluding carboxylic acids is 2. The van der Waals surface area contributed by atoms with Crippen molar-refractivity contribution in [3.63, 3.8) is 0 Å². The van der Waals surface area contributed by atoms with Crippen LogP contribution in [0.3, 0.4) is 0 Å². The van der Waals surface area contributed by atoms with Gasteiger partial charge < -0.3 is 21.5 Å². The average molecular weight is 319 g/mol. The Morgan fingerprint density at radius 1 is 1.19 bits per heavy atom. The van der Waals surface area contributed by atoms with E-state index in [-0.39, 0.29) is 12.5 Å². The van der Waals surface area contributed by atoms with Crippen LogP contribution >= 0.6 is 11.8 Å². The molecular weight excluding hydrogens is 294 g/mol. The van der Waals surface area contributed by atoms with Gasteiger partial charge in [-0.2, -0.15) is 11.8 Å². The molecular formula is C13H25N3O4S. The van der Waals surface area contributed by atoms with Gasteiger partial charge in [0.1, 0.15) is 12.1 Å². The summed E-state index contributed by atoms with van der Waals surface area (Å²) in [7, 11) is 0. The van der Waals surface area contributed by atoms with E-state index in [1.807, 2.05) is 20.1 Å². The highest BCUT2D eigenvalue weighted by molar-refractivity contribution is 7.98. The average Bonchev–Trinajstić information content (AvgIpc) is 2.41. The van der Waals surface area contributed by atoms with Crippen molar-refractivity contribution in [3.8, 4) is 0 Å². The normalized spacial score (nSPS) is 13.6. The molecule has 5 N–H and O–H groups in total. The first-order valence-corrected chi connectivity index (χ1v) is 8.22. The minimum atomic E-state index is -1.08. The maximum atomic E-state index is 12.2. The number of amides is 2. The van der Waals surface area contributed by atoms with E-state index in [0.717, 1.165) is 0 Å². The molecule has 0 aliphatic carbocycles. The van der Waals surface area contributed by atoms with Crippen LogP contribution in [0.5, 0.6) is 0 Å². The Morgan fingerprint density at radius 2 is 1.81 bits per heavy atom. The molecule has 7 nitrogen and oxygen atoms in total. The molecule has 0 aliphatic heterocycles. The fraction of sp³-hybridized carbons (Fsp3) is 0.769. The van der Waals surface area contributed by atoms with E-state index in [9.17, 15) is 14.4 Å². The summed E-state index contributed by atoms with van der Waals surface area (Å²) in [5, 5.41) is 14.1. The Morgan fingerprint density at radius 3 is 2.24 bits per heavy atom. The van der Waals surface area contributed by atoms with Crippen molar-refractivity contribution < 1.29 is 19.5 Å². The number of thioether (sulfide) groups is 1. The summed E-state index contributed by atoms with van der Waals surface area (Å²) in [5.41, 5.74) is 5.23. The zero-order valence-corrected chi connectivity index (χ0v) is 13.5. The zero-order chi connectivity index (χ0) is 16.4. The van der Waals surface area contributed by atoms with E-state index in [1.54, 1.807) is 0 Å². The summed E-state index contributed by atoms with van der Waals surface area (Å²) < 4.78 is 0. The minimum absolute atomic E-state index is 0.174. The van der Waals surface area contributed by atoms with Gasteiger partial charge in [-0.3, -0.25) is 9.59 Å². The van der Waals surface area contributed by atoms with Crippen LogP contribution in [0, 0.1) is 5.92 Å². The van der Waals surface area contributed by atoms with E-state index in [4.69, 9.17) is 10.8 Å². The van der Waals surface area contributed by atoms with Gasteiger partial charge in [0.25, 0.3) is 0 Å². The lowest BCUT2D eigenvalue weighted by Gasteiger charge is -2.22. The van der Waals surface area contributed by atoms with Crippen LogP contribution in [0.15, 0.2) is 0 Å². The summed E-state index contributed by atoms with van der Waals surface area (Å²) in [5.74, 6) is -1.20. The Kier molecular flexibility index (Phi) is 9.81. The van der Waals surface area contributed by atoms with Gasteiger partial charge in [-0.05, 0) is 30.8 Å². The quantitative estimate of drug-likeness (QED) is 0.442. The van der Waals surface area contributed by atoms with Gasteiger partial charge in [0.2, 0.25) is 11.8 Å². The Bertz CT molecular complexity index is 363. The number of nitrogens with two attached hydrogens (primary N) is 1. The molecule has 0 saturated carbocycles. The van der Waals surface area contributed by atoms with Gasteiger partial charge in [-0.1, -0.05) is 13.8 Å². The Hall–Kier alpha value is -1.28. The largest absolute Gasteiger partial charge is 0.480 e. The smallest absolute Gasteiger partial charge is 0.326 e. The number of nitrogens with one attached hydrogen (secondary N) is 2. The molecule has 0 saturated heterocycles. The Balaban J connectivity index is 4.75. The number of rotatable bonds is 10. The summed E-state index contributed by atoms with van der Waals surface area (Å²) in [6.45, 7) is 3.62. The first-order chi connectivity index (χ1) is 9.81. The summed E-state index contributed by atoms with van der Waals surface area (Å²) in [6, 6.07) is -1.72. The molecule has 0 spiro atoms. The van der Waals surface area contributed by atoms with Crippen LogP contribution < -0.4 is 16.4 Å². The second-order valence-electron chi connectivity index (χ2n) is 5.13. The molecule has 0 unspecified atom stereocenters. The summed E-state index contributed by atoms with van der Waals surface area (Å²) in [4.78, 5) is 34.7. The number of aliphatic carboxylic acids is 1. The standard InChI is InChI=1S/C13H25N3O4S/c1-8(2)6-10(15-11(17)7-14)12(18)16-9(13(19)20)4-5-21-3/h8-10H,4-7,14H2,1-3H3,(H,15,17)(H,16,18)(H,19,20)/t9-,10-/m0/s1. The van der Waals surface area contributed by atoms with Crippen LogP contribution in [-0.4, -0.2) is 53.5 Å². The van der Waals surface area contributed by atoms with Gasteiger partial charge in [-0.15, -0.1) is 0 Å². The third kappa shape index (κ3) is 8.56. The van der Waals surface area contributed by atoms with Crippen molar-refractivity contribution in [1.82, 2.24) is 10.6 Å². The molecule has 0 aromatic carbocycles. The lowest BCUT2D eigenvalue weighted by molar-refractivity contribution is -0.142. The van der Waals surface area contributed by atoms with E-state index in [2.05, 4.69) is 10.6 Å². The van der Waals surface area contributed by atoms with Gasteiger partial charge in [-0.25, -0.2) is 4.79 Å². The third-order valence-corrected chi connectivity index (χ3v) is 3.41. The number of carbonyl (C=O) groups is 3. The van der Waals surface area contributed by atoms with E-state index < -0.39 is 29.9 Å².